The number of amides is 1. The zero-order chi connectivity index (χ0) is 21.6. The third-order valence-electron chi connectivity index (χ3n) is 4.66. The third-order valence-corrected chi connectivity index (χ3v) is 5.18. The minimum absolute atomic E-state index is 0.00561. The van der Waals surface area contributed by atoms with Gasteiger partial charge in [0.2, 0.25) is 5.91 Å². The Morgan fingerprint density at radius 1 is 1.31 bits per heavy atom. The average Bonchev–Trinajstić information content (AvgIpc) is 2.70. The molecule has 10 heteroatoms. The normalized spacial score (nSPS) is 15.8. The Bertz CT molecular complexity index is 765. The number of nitrogens with zero attached hydrogens (tertiary/aromatic N) is 4. The molecule has 1 aliphatic heterocycles. The van der Waals surface area contributed by atoms with Gasteiger partial charge >= 0.3 is 5.97 Å². The topological polar surface area (TPSA) is 85.7 Å². The predicted molar refractivity (Wildman–Crippen MR) is 114 cm³/mol. The van der Waals surface area contributed by atoms with Crippen LogP contribution in [0.3, 0.4) is 0 Å². The first-order valence-electron chi connectivity index (χ1n) is 9.33. The Kier molecular flexibility index (Phi) is 8.40. The molecular weight excluding hydrogens is 419 g/mol. The summed E-state index contributed by atoms with van der Waals surface area (Å²) >= 11 is 12.0. The molecule has 0 aromatic heterocycles. The highest BCUT2D eigenvalue weighted by molar-refractivity contribution is 6.48. The van der Waals surface area contributed by atoms with Crippen LogP contribution in [-0.4, -0.2) is 84.4 Å². The van der Waals surface area contributed by atoms with Crippen LogP contribution in [0.5, 0.6) is 5.75 Å². The van der Waals surface area contributed by atoms with Gasteiger partial charge in [0.15, 0.2) is 5.71 Å². The number of hydrogen-bond donors (Lipinski definition) is 1. The van der Waals surface area contributed by atoms with Crippen LogP contribution in [0, 0.1) is 0 Å². The van der Waals surface area contributed by atoms with Gasteiger partial charge in [0.25, 0.3) is 0 Å². The standard InChI is InChI=1S/C19H26Cl2N4O4/c1-4-25(22-18(13(2)20)19(27)28)12-17(26)24-9-7-23(8-10-24)14-5-6-15(21)16(11-14)29-3/h5-6,11,13H,4,7-10,12H2,1-3H3,(H,27,28)/b22-18+. The van der Waals surface area contributed by atoms with Crippen LogP contribution < -0.4 is 9.64 Å². The molecule has 8 nitrogen and oxygen atoms in total. The summed E-state index contributed by atoms with van der Waals surface area (Å²) in [5.41, 5.74) is 0.808. The number of piperazine rings is 1. The van der Waals surface area contributed by atoms with Gasteiger partial charge in [0.1, 0.15) is 12.3 Å². The number of methoxy groups -OCH3 is 1. The van der Waals surface area contributed by atoms with Gasteiger partial charge < -0.3 is 19.6 Å². The van der Waals surface area contributed by atoms with E-state index in [1.165, 1.54) is 11.9 Å². The van der Waals surface area contributed by atoms with E-state index < -0.39 is 11.3 Å². The van der Waals surface area contributed by atoms with Crippen LogP contribution in [-0.2, 0) is 9.59 Å². The largest absolute Gasteiger partial charge is 0.495 e. The maximum absolute atomic E-state index is 12.7. The molecule has 1 fully saturated rings. The lowest BCUT2D eigenvalue weighted by atomic mass is 10.2. The quantitative estimate of drug-likeness (QED) is 0.376. The number of hydrogen-bond acceptors (Lipinski definition) is 6. The van der Waals surface area contributed by atoms with E-state index in [2.05, 4.69) is 10.0 Å². The highest BCUT2D eigenvalue weighted by atomic mass is 35.5. The number of carboxylic acids is 1. The zero-order valence-electron chi connectivity index (χ0n) is 16.8. The number of ether oxygens (including phenoxy) is 1. The van der Waals surface area contributed by atoms with Crippen molar-refractivity contribution in [3.63, 3.8) is 0 Å². The first-order chi connectivity index (χ1) is 13.8. The second kappa shape index (κ2) is 10.5. The van der Waals surface area contributed by atoms with Crippen LogP contribution >= 0.6 is 23.2 Å². The van der Waals surface area contributed by atoms with Gasteiger partial charge in [0.05, 0.1) is 17.5 Å². The first-order valence-corrected chi connectivity index (χ1v) is 10.1. The van der Waals surface area contributed by atoms with Gasteiger partial charge in [-0.05, 0) is 26.0 Å². The molecule has 0 bridgehead atoms. The van der Waals surface area contributed by atoms with E-state index in [4.69, 9.17) is 27.9 Å². The minimum Gasteiger partial charge on any atom is -0.495 e. The molecule has 1 unspecified atom stereocenters. The lowest BCUT2D eigenvalue weighted by molar-refractivity contribution is -0.133. The smallest absolute Gasteiger partial charge is 0.353 e. The molecule has 1 aromatic carbocycles. The fourth-order valence-electron chi connectivity index (χ4n) is 2.98. The van der Waals surface area contributed by atoms with E-state index in [-0.39, 0.29) is 18.2 Å². The molecule has 1 saturated heterocycles. The average molecular weight is 445 g/mol. The molecule has 29 heavy (non-hydrogen) atoms. The van der Waals surface area contributed by atoms with Crippen LogP contribution in [0.15, 0.2) is 23.3 Å². The molecule has 1 amide bonds. The van der Waals surface area contributed by atoms with Crippen molar-refractivity contribution in [2.75, 3.05) is 51.3 Å². The molecule has 0 radical (unpaired) electrons. The Morgan fingerprint density at radius 2 is 1.97 bits per heavy atom. The number of aliphatic carboxylic acids is 1. The van der Waals surface area contributed by atoms with E-state index in [9.17, 15) is 14.7 Å². The van der Waals surface area contributed by atoms with E-state index in [0.717, 1.165) is 5.69 Å². The monoisotopic (exact) mass is 444 g/mol. The molecular formula is C19H26Cl2N4O4. The number of carbonyl (C=O) groups is 2. The number of likely N-dealkylation sites (N-methyl/N-ethyl adjacent to an activating group) is 1. The summed E-state index contributed by atoms with van der Waals surface area (Å²) < 4.78 is 5.26. The molecule has 1 atom stereocenters. The van der Waals surface area contributed by atoms with Crippen LogP contribution in [0.1, 0.15) is 13.8 Å². The number of alkyl halides is 1. The summed E-state index contributed by atoms with van der Waals surface area (Å²) in [6.45, 7) is 6.21. The molecule has 1 aromatic rings. The lowest BCUT2D eigenvalue weighted by Crippen LogP contribution is -2.51. The van der Waals surface area contributed by atoms with Gasteiger partial charge in [-0.2, -0.15) is 5.10 Å². The van der Waals surface area contributed by atoms with Gasteiger partial charge in [-0.3, -0.25) is 9.80 Å². The van der Waals surface area contributed by atoms with Crippen LogP contribution in [0.25, 0.3) is 0 Å². The molecule has 160 valence electrons. The number of halogens is 2. The van der Waals surface area contributed by atoms with Crippen molar-refractivity contribution < 1.29 is 19.4 Å². The van der Waals surface area contributed by atoms with Gasteiger partial charge in [-0.25, -0.2) is 4.79 Å². The van der Waals surface area contributed by atoms with Crippen LogP contribution in [0.2, 0.25) is 5.02 Å². The summed E-state index contributed by atoms with van der Waals surface area (Å²) in [7, 11) is 1.57. The second-order valence-electron chi connectivity index (χ2n) is 6.57. The van der Waals surface area contributed by atoms with E-state index in [0.29, 0.717) is 43.5 Å². The summed E-state index contributed by atoms with van der Waals surface area (Å²) in [6, 6.07) is 5.60. The number of carbonyl (C=O) groups excluding carboxylic acids is 1. The summed E-state index contributed by atoms with van der Waals surface area (Å²) in [5, 5.41) is 14.5. The molecule has 1 heterocycles. The predicted octanol–water partition coefficient (Wildman–Crippen LogP) is 2.39. The van der Waals surface area contributed by atoms with Crippen molar-refractivity contribution in [1.82, 2.24) is 9.91 Å². The molecule has 1 N–H and O–H groups in total. The Balaban J connectivity index is 1.97. The van der Waals surface area contributed by atoms with E-state index >= 15 is 0 Å². The Labute approximate surface area is 180 Å². The van der Waals surface area contributed by atoms with Crippen molar-refractivity contribution in [2.24, 2.45) is 5.10 Å². The van der Waals surface area contributed by atoms with E-state index in [1.54, 1.807) is 25.0 Å². The Morgan fingerprint density at radius 3 is 2.48 bits per heavy atom. The van der Waals surface area contributed by atoms with Crippen LogP contribution in [0.4, 0.5) is 5.69 Å². The minimum atomic E-state index is -1.19. The number of benzene rings is 1. The van der Waals surface area contributed by atoms with E-state index in [1.807, 2.05) is 12.1 Å². The number of rotatable bonds is 8. The maximum atomic E-state index is 12.7. The van der Waals surface area contributed by atoms with Gasteiger partial charge in [-0.1, -0.05) is 11.6 Å². The highest BCUT2D eigenvalue weighted by Crippen LogP contribution is 2.29. The number of anilines is 1. The fraction of sp³-hybridized carbons (Fsp3) is 0.526. The maximum Gasteiger partial charge on any atom is 0.353 e. The summed E-state index contributed by atoms with van der Waals surface area (Å²) in [4.78, 5) is 27.8. The lowest BCUT2D eigenvalue weighted by Gasteiger charge is -2.37. The molecule has 0 spiro atoms. The molecule has 0 saturated carbocycles. The van der Waals surface area contributed by atoms with Crippen molar-refractivity contribution in [3.8, 4) is 5.75 Å². The van der Waals surface area contributed by atoms with Crippen molar-refractivity contribution in [1.29, 1.82) is 0 Å². The van der Waals surface area contributed by atoms with Crippen molar-refractivity contribution in [2.45, 2.75) is 19.2 Å². The van der Waals surface area contributed by atoms with Gasteiger partial charge in [-0.15, -0.1) is 11.6 Å². The van der Waals surface area contributed by atoms with Gasteiger partial charge in [0, 0.05) is 44.5 Å². The van der Waals surface area contributed by atoms with Crippen molar-refractivity contribution >= 4 is 46.5 Å². The fourth-order valence-corrected chi connectivity index (χ4v) is 3.31. The highest BCUT2D eigenvalue weighted by Gasteiger charge is 2.24. The molecule has 1 aliphatic rings. The Hall–Kier alpha value is -2.19. The SMILES string of the molecule is CCN(CC(=O)N1CCN(c2ccc(Cl)c(OC)c2)CC1)/N=C(/C(=O)O)C(C)Cl. The van der Waals surface area contributed by atoms with Crippen molar-refractivity contribution in [3.05, 3.63) is 23.2 Å². The summed E-state index contributed by atoms with van der Waals surface area (Å²) in [6.07, 6.45) is 0. The molecule has 2 rings (SSSR count). The summed E-state index contributed by atoms with van der Waals surface area (Å²) in [5.74, 6) is -0.678. The zero-order valence-corrected chi connectivity index (χ0v) is 18.3. The third kappa shape index (κ3) is 6.14. The number of hydrazone groups is 1. The number of carboxylic acid groups (broad SMARTS) is 1. The first kappa shape index (κ1) is 23.1. The molecule has 0 aliphatic carbocycles. The second-order valence-corrected chi connectivity index (χ2v) is 7.64.